The summed E-state index contributed by atoms with van der Waals surface area (Å²) in [4.78, 5) is 11.6. The van der Waals surface area contributed by atoms with E-state index in [-0.39, 0.29) is 12.5 Å². The number of nitrogen functional groups attached to an aromatic ring is 1. The molecule has 118 valence electrons. The normalized spacial score (nSPS) is 10.4. The molecule has 0 radical (unpaired) electrons. The molecule has 0 spiro atoms. The topological polar surface area (TPSA) is 93.8 Å². The number of nitrogens with one attached hydrogen (secondary N) is 1. The van der Waals surface area contributed by atoms with Gasteiger partial charge in [-0.3, -0.25) is 4.79 Å². The number of hydrogen-bond acceptors (Lipinski definition) is 5. The van der Waals surface area contributed by atoms with Gasteiger partial charge in [0.1, 0.15) is 5.75 Å². The molecule has 0 aliphatic heterocycles. The average molecular weight is 296 g/mol. The SMILES string of the molecule is CCOc1ccc(CCC(=O)NCCOCCO)cc1N. The van der Waals surface area contributed by atoms with Crippen LogP contribution >= 0.6 is 0 Å². The first-order chi connectivity index (χ1) is 10.2. The fourth-order valence-electron chi connectivity index (χ4n) is 1.82. The van der Waals surface area contributed by atoms with Crippen molar-refractivity contribution in [1.29, 1.82) is 0 Å². The fraction of sp³-hybridized carbons (Fsp3) is 0.533. The lowest BCUT2D eigenvalue weighted by atomic mass is 10.1. The Morgan fingerprint density at radius 3 is 2.86 bits per heavy atom. The van der Waals surface area contributed by atoms with Crippen LogP contribution in [-0.4, -0.2) is 44.0 Å². The highest BCUT2D eigenvalue weighted by Gasteiger charge is 2.05. The van der Waals surface area contributed by atoms with E-state index in [4.69, 9.17) is 20.3 Å². The lowest BCUT2D eigenvalue weighted by Crippen LogP contribution is -2.27. The second kappa shape index (κ2) is 10.0. The van der Waals surface area contributed by atoms with Crippen molar-refractivity contribution >= 4 is 11.6 Å². The van der Waals surface area contributed by atoms with Crippen LogP contribution in [-0.2, 0) is 16.0 Å². The van der Waals surface area contributed by atoms with Crippen LogP contribution in [0.4, 0.5) is 5.69 Å². The third-order valence-electron chi connectivity index (χ3n) is 2.82. The van der Waals surface area contributed by atoms with Gasteiger partial charge in [0.25, 0.3) is 0 Å². The minimum atomic E-state index is -0.0324. The highest BCUT2D eigenvalue weighted by molar-refractivity contribution is 5.76. The van der Waals surface area contributed by atoms with Gasteiger partial charge in [-0.15, -0.1) is 0 Å². The molecule has 0 aliphatic rings. The van der Waals surface area contributed by atoms with Crippen molar-refractivity contribution in [2.45, 2.75) is 19.8 Å². The molecule has 0 fully saturated rings. The van der Waals surface area contributed by atoms with E-state index in [0.717, 1.165) is 5.56 Å². The lowest BCUT2D eigenvalue weighted by Gasteiger charge is -2.09. The number of rotatable bonds is 10. The highest BCUT2D eigenvalue weighted by atomic mass is 16.5. The van der Waals surface area contributed by atoms with E-state index >= 15 is 0 Å². The lowest BCUT2D eigenvalue weighted by molar-refractivity contribution is -0.121. The summed E-state index contributed by atoms with van der Waals surface area (Å²) in [5.74, 6) is 0.641. The Bertz CT molecular complexity index is 438. The maximum atomic E-state index is 11.6. The zero-order valence-corrected chi connectivity index (χ0v) is 12.4. The monoisotopic (exact) mass is 296 g/mol. The summed E-state index contributed by atoms with van der Waals surface area (Å²) in [6.45, 7) is 3.62. The minimum Gasteiger partial charge on any atom is -0.492 e. The number of benzene rings is 1. The van der Waals surface area contributed by atoms with Crippen LogP contribution in [0, 0.1) is 0 Å². The summed E-state index contributed by atoms with van der Waals surface area (Å²) in [5.41, 5.74) is 7.47. The van der Waals surface area contributed by atoms with Crippen molar-refractivity contribution in [3.05, 3.63) is 23.8 Å². The summed E-state index contributed by atoms with van der Waals surface area (Å²) >= 11 is 0. The van der Waals surface area contributed by atoms with Gasteiger partial charge in [0.2, 0.25) is 5.91 Å². The molecule has 1 aromatic rings. The van der Waals surface area contributed by atoms with E-state index in [1.807, 2.05) is 25.1 Å². The van der Waals surface area contributed by atoms with Crippen LogP contribution in [0.15, 0.2) is 18.2 Å². The van der Waals surface area contributed by atoms with Crippen molar-refractivity contribution in [2.24, 2.45) is 0 Å². The molecule has 6 nitrogen and oxygen atoms in total. The standard InChI is InChI=1S/C15H24N2O4/c1-2-21-14-5-3-12(11-13(14)16)4-6-15(19)17-7-9-20-10-8-18/h3,5,11,18H,2,4,6-10,16H2,1H3,(H,17,19). The summed E-state index contributed by atoms with van der Waals surface area (Å²) in [7, 11) is 0. The number of aliphatic hydroxyl groups excluding tert-OH is 1. The summed E-state index contributed by atoms with van der Waals surface area (Å²) in [6.07, 6.45) is 1.02. The fourth-order valence-corrected chi connectivity index (χ4v) is 1.82. The van der Waals surface area contributed by atoms with Crippen molar-refractivity contribution in [3.8, 4) is 5.75 Å². The predicted octanol–water partition coefficient (Wildman–Crippen LogP) is 0.725. The first-order valence-electron chi connectivity index (χ1n) is 7.13. The second-order valence-electron chi connectivity index (χ2n) is 4.49. The highest BCUT2D eigenvalue weighted by Crippen LogP contribution is 2.23. The Labute approximate surface area is 125 Å². The zero-order chi connectivity index (χ0) is 15.5. The van der Waals surface area contributed by atoms with Crippen molar-refractivity contribution < 1.29 is 19.4 Å². The maximum Gasteiger partial charge on any atom is 0.220 e. The molecule has 6 heteroatoms. The summed E-state index contributed by atoms with van der Waals surface area (Å²) < 4.78 is 10.4. The average Bonchev–Trinajstić information content (AvgIpc) is 2.47. The largest absolute Gasteiger partial charge is 0.492 e. The molecule has 1 aromatic carbocycles. The van der Waals surface area contributed by atoms with Crippen molar-refractivity contribution in [2.75, 3.05) is 38.7 Å². The Morgan fingerprint density at radius 2 is 2.19 bits per heavy atom. The van der Waals surface area contributed by atoms with Crippen LogP contribution in [0.25, 0.3) is 0 Å². The Hall–Kier alpha value is -1.79. The third kappa shape index (κ3) is 6.97. The smallest absolute Gasteiger partial charge is 0.220 e. The quantitative estimate of drug-likeness (QED) is 0.437. The molecule has 0 bridgehead atoms. The number of carbonyl (C=O) groups excluding carboxylic acids is 1. The van der Waals surface area contributed by atoms with Gasteiger partial charge in [-0.1, -0.05) is 6.07 Å². The van der Waals surface area contributed by atoms with Gasteiger partial charge < -0.3 is 25.6 Å². The van der Waals surface area contributed by atoms with Crippen LogP contribution in [0.3, 0.4) is 0 Å². The summed E-state index contributed by atoms with van der Waals surface area (Å²) in [6, 6.07) is 5.58. The number of aryl methyl sites for hydroxylation is 1. The second-order valence-corrected chi connectivity index (χ2v) is 4.49. The molecular formula is C15H24N2O4. The van der Waals surface area contributed by atoms with Gasteiger partial charge in [-0.2, -0.15) is 0 Å². The van der Waals surface area contributed by atoms with Gasteiger partial charge in [0, 0.05) is 13.0 Å². The molecular weight excluding hydrogens is 272 g/mol. The molecule has 4 N–H and O–H groups in total. The molecule has 0 unspecified atom stereocenters. The molecule has 0 heterocycles. The zero-order valence-electron chi connectivity index (χ0n) is 12.4. The number of carbonyl (C=O) groups is 1. The minimum absolute atomic E-state index is 0.00684. The van der Waals surface area contributed by atoms with E-state index in [1.165, 1.54) is 0 Å². The Kier molecular flexibility index (Phi) is 8.23. The Balaban J connectivity index is 2.28. The van der Waals surface area contributed by atoms with Crippen LogP contribution in [0.5, 0.6) is 5.75 Å². The number of anilines is 1. The Morgan fingerprint density at radius 1 is 1.38 bits per heavy atom. The molecule has 0 saturated heterocycles. The number of hydrogen-bond donors (Lipinski definition) is 3. The predicted molar refractivity (Wildman–Crippen MR) is 81.3 cm³/mol. The number of nitrogens with two attached hydrogens (primary N) is 1. The summed E-state index contributed by atoms with van der Waals surface area (Å²) in [5, 5.41) is 11.3. The van der Waals surface area contributed by atoms with Gasteiger partial charge in [-0.05, 0) is 31.0 Å². The van der Waals surface area contributed by atoms with E-state index < -0.39 is 0 Å². The third-order valence-corrected chi connectivity index (χ3v) is 2.82. The molecule has 1 amide bonds. The van der Waals surface area contributed by atoms with Gasteiger partial charge >= 0.3 is 0 Å². The van der Waals surface area contributed by atoms with Gasteiger partial charge in [0.05, 0.1) is 32.1 Å². The molecule has 0 saturated carbocycles. The number of amides is 1. The van der Waals surface area contributed by atoms with Crippen molar-refractivity contribution in [3.63, 3.8) is 0 Å². The van der Waals surface area contributed by atoms with E-state index in [1.54, 1.807) is 0 Å². The van der Waals surface area contributed by atoms with E-state index in [9.17, 15) is 4.79 Å². The van der Waals surface area contributed by atoms with Crippen LogP contribution < -0.4 is 15.8 Å². The van der Waals surface area contributed by atoms with Gasteiger partial charge in [-0.25, -0.2) is 0 Å². The van der Waals surface area contributed by atoms with Crippen LogP contribution in [0.1, 0.15) is 18.9 Å². The number of aliphatic hydroxyl groups is 1. The van der Waals surface area contributed by atoms with Crippen molar-refractivity contribution in [1.82, 2.24) is 5.32 Å². The maximum absolute atomic E-state index is 11.6. The van der Waals surface area contributed by atoms with Crippen LogP contribution in [0.2, 0.25) is 0 Å². The molecule has 1 rings (SSSR count). The molecule has 0 aliphatic carbocycles. The van der Waals surface area contributed by atoms with E-state index in [2.05, 4.69) is 5.32 Å². The molecule has 21 heavy (non-hydrogen) atoms. The molecule has 0 aromatic heterocycles. The van der Waals surface area contributed by atoms with E-state index in [0.29, 0.717) is 50.6 Å². The first kappa shape index (κ1) is 17.3. The number of ether oxygens (including phenoxy) is 2. The first-order valence-corrected chi connectivity index (χ1v) is 7.13. The molecule has 0 atom stereocenters. The van der Waals surface area contributed by atoms with Gasteiger partial charge in [0.15, 0.2) is 0 Å².